The second-order valence-electron chi connectivity index (χ2n) is 6.59. The van der Waals surface area contributed by atoms with E-state index in [4.69, 9.17) is 0 Å². The Bertz CT molecular complexity index is 992. The zero-order chi connectivity index (χ0) is 18.1. The predicted molar refractivity (Wildman–Crippen MR) is 98.9 cm³/mol. The van der Waals surface area contributed by atoms with Gasteiger partial charge in [-0.3, -0.25) is 9.13 Å². The molecule has 0 radical (unpaired) electrons. The number of likely N-dealkylation sites (tertiary alicyclic amines) is 1. The number of imidazole rings is 1. The number of rotatable bonds is 3. The van der Waals surface area contributed by atoms with Crippen LogP contribution in [0.25, 0.3) is 11.2 Å². The van der Waals surface area contributed by atoms with E-state index in [1.165, 1.54) is 0 Å². The van der Waals surface area contributed by atoms with Gasteiger partial charge in [-0.15, -0.1) is 0 Å². The Morgan fingerprint density at radius 2 is 2.04 bits per heavy atom. The van der Waals surface area contributed by atoms with Crippen LogP contribution in [0.2, 0.25) is 0 Å². The van der Waals surface area contributed by atoms with Gasteiger partial charge in [0.15, 0.2) is 5.65 Å². The normalized spacial score (nSPS) is 17.0. The van der Waals surface area contributed by atoms with E-state index in [9.17, 15) is 9.59 Å². The number of nitrogens with zero attached hydrogens (tertiary/aromatic N) is 4. The lowest BCUT2D eigenvalue weighted by molar-refractivity contribution is 0.206. The van der Waals surface area contributed by atoms with Crippen LogP contribution < -0.4 is 11.0 Å². The van der Waals surface area contributed by atoms with E-state index in [0.717, 1.165) is 17.5 Å². The van der Waals surface area contributed by atoms with Crippen molar-refractivity contribution in [1.82, 2.24) is 24.3 Å². The summed E-state index contributed by atoms with van der Waals surface area (Å²) in [5.74, 6) is 0. The summed E-state index contributed by atoms with van der Waals surface area (Å²) in [7, 11) is 1.75. The lowest BCUT2D eigenvalue weighted by atomic mass is 10.2. The lowest BCUT2D eigenvalue weighted by Gasteiger charge is -2.17. The minimum Gasteiger partial charge on any atom is -0.334 e. The third kappa shape index (κ3) is 2.85. The predicted octanol–water partition coefficient (Wildman–Crippen LogP) is 1.89. The Morgan fingerprint density at radius 3 is 2.85 bits per heavy atom. The fraction of sp³-hybridized carbons (Fsp3) is 0.316. The number of amides is 2. The van der Waals surface area contributed by atoms with Gasteiger partial charge >= 0.3 is 11.7 Å². The number of fused-ring (bicyclic) bond motifs is 1. The third-order valence-corrected chi connectivity index (χ3v) is 4.95. The molecule has 3 heterocycles. The molecular formula is C19H21N5O2. The van der Waals surface area contributed by atoms with Crippen molar-refractivity contribution in [2.45, 2.75) is 19.0 Å². The molecule has 1 aliphatic heterocycles. The van der Waals surface area contributed by atoms with E-state index in [-0.39, 0.29) is 17.8 Å². The van der Waals surface area contributed by atoms with Crippen LogP contribution >= 0.6 is 0 Å². The minimum absolute atomic E-state index is 0.0522. The van der Waals surface area contributed by atoms with Gasteiger partial charge in [0.25, 0.3) is 0 Å². The molecule has 1 saturated heterocycles. The highest BCUT2D eigenvalue weighted by molar-refractivity contribution is 5.75. The molecule has 2 amide bonds. The first-order valence-corrected chi connectivity index (χ1v) is 8.74. The Kier molecular flexibility index (Phi) is 4.20. The molecule has 134 valence electrons. The van der Waals surface area contributed by atoms with Crippen LogP contribution in [0.3, 0.4) is 0 Å². The number of aryl methyl sites for hydroxylation is 1. The highest BCUT2D eigenvalue weighted by Crippen LogP contribution is 2.23. The van der Waals surface area contributed by atoms with Crippen molar-refractivity contribution in [1.29, 1.82) is 0 Å². The molecule has 2 aromatic heterocycles. The molecule has 0 aliphatic carbocycles. The summed E-state index contributed by atoms with van der Waals surface area (Å²) in [5, 5.41) is 2.95. The van der Waals surface area contributed by atoms with Crippen molar-refractivity contribution in [3.63, 3.8) is 0 Å². The van der Waals surface area contributed by atoms with Crippen LogP contribution in [0.15, 0.2) is 53.5 Å². The summed E-state index contributed by atoms with van der Waals surface area (Å²) < 4.78 is 3.33. The van der Waals surface area contributed by atoms with Gasteiger partial charge < -0.3 is 10.2 Å². The number of carbonyl (C=O) groups excluding carboxylic acids is 1. The zero-order valence-corrected chi connectivity index (χ0v) is 14.6. The third-order valence-electron chi connectivity index (χ3n) is 4.95. The average Bonchev–Trinajstić information content (AvgIpc) is 3.25. The summed E-state index contributed by atoms with van der Waals surface area (Å²) >= 11 is 0. The van der Waals surface area contributed by atoms with E-state index < -0.39 is 0 Å². The second-order valence-corrected chi connectivity index (χ2v) is 6.59. The van der Waals surface area contributed by atoms with Crippen molar-refractivity contribution in [3.8, 4) is 0 Å². The van der Waals surface area contributed by atoms with Gasteiger partial charge in [0.2, 0.25) is 0 Å². The maximum atomic E-state index is 12.6. The van der Waals surface area contributed by atoms with Gasteiger partial charge in [-0.05, 0) is 24.1 Å². The molecule has 1 aliphatic rings. The summed E-state index contributed by atoms with van der Waals surface area (Å²) in [6.07, 6.45) is 2.44. The van der Waals surface area contributed by atoms with Crippen molar-refractivity contribution in [2.75, 3.05) is 13.1 Å². The first kappa shape index (κ1) is 16.4. The molecule has 4 rings (SSSR count). The Morgan fingerprint density at radius 1 is 1.23 bits per heavy atom. The molecule has 1 fully saturated rings. The Labute approximate surface area is 150 Å². The van der Waals surface area contributed by atoms with Gasteiger partial charge in [0.1, 0.15) is 0 Å². The molecule has 0 unspecified atom stereocenters. The van der Waals surface area contributed by atoms with Crippen LogP contribution in [0, 0.1) is 0 Å². The van der Waals surface area contributed by atoms with Crippen molar-refractivity contribution in [2.24, 2.45) is 7.05 Å². The molecule has 1 N–H and O–H groups in total. The Hall–Kier alpha value is -3.09. The van der Waals surface area contributed by atoms with Gasteiger partial charge in [-0.25, -0.2) is 14.6 Å². The van der Waals surface area contributed by atoms with Crippen LogP contribution in [-0.2, 0) is 13.6 Å². The molecular weight excluding hydrogens is 330 g/mol. The van der Waals surface area contributed by atoms with Gasteiger partial charge in [0, 0.05) is 32.9 Å². The minimum atomic E-state index is -0.0994. The average molecular weight is 351 g/mol. The number of pyridine rings is 1. The van der Waals surface area contributed by atoms with Crippen molar-refractivity contribution >= 4 is 17.2 Å². The maximum absolute atomic E-state index is 12.6. The number of urea groups is 1. The SMILES string of the molecule is Cn1c(=O)n([C@H]2CCN(C(=O)NCc3ccccc3)C2)c2ncccc21. The first-order chi connectivity index (χ1) is 12.6. The highest BCUT2D eigenvalue weighted by Gasteiger charge is 2.30. The fourth-order valence-electron chi connectivity index (χ4n) is 3.54. The lowest BCUT2D eigenvalue weighted by Crippen LogP contribution is -2.38. The maximum Gasteiger partial charge on any atom is 0.330 e. The monoisotopic (exact) mass is 351 g/mol. The number of carbonyl (C=O) groups is 1. The molecule has 7 heteroatoms. The largest absolute Gasteiger partial charge is 0.334 e. The van der Waals surface area contributed by atoms with E-state index in [0.29, 0.717) is 25.3 Å². The number of nitrogens with one attached hydrogen (secondary N) is 1. The molecule has 7 nitrogen and oxygen atoms in total. The van der Waals surface area contributed by atoms with Gasteiger partial charge in [0.05, 0.1) is 11.6 Å². The zero-order valence-electron chi connectivity index (χ0n) is 14.6. The summed E-state index contributed by atoms with van der Waals surface area (Å²) in [4.78, 5) is 31.2. The fourth-order valence-corrected chi connectivity index (χ4v) is 3.54. The number of aromatic nitrogens is 3. The van der Waals surface area contributed by atoms with Crippen LogP contribution in [0.5, 0.6) is 0 Å². The number of hydrogen-bond donors (Lipinski definition) is 1. The van der Waals surface area contributed by atoms with Crippen molar-refractivity contribution in [3.05, 3.63) is 64.7 Å². The molecule has 26 heavy (non-hydrogen) atoms. The van der Waals surface area contributed by atoms with E-state index in [2.05, 4.69) is 10.3 Å². The topological polar surface area (TPSA) is 72.2 Å². The van der Waals surface area contributed by atoms with Crippen LogP contribution in [0.1, 0.15) is 18.0 Å². The number of benzene rings is 1. The molecule has 1 aromatic carbocycles. The van der Waals surface area contributed by atoms with E-state index >= 15 is 0 Å². The molecule has 1 atom stereocenters. The standard InChI is InChI=1S/C19H21N5O2/c1-22-16-8-5-10-20-17(16)24(19(22)26)15-9-11-23(13-15)18(25)21-12-14-6-3-2-4-7-14/h2-8,10,15H,9,11-13H2,1H3,(H,21,25)/t15-/m0/s1. The van der Waals surface area contributed by atoms with Crippen molar-refractivity contribution < 1.29 is 4.79 Å². The van der Waals surface area contributed by atoms with E-state index in [1.807, 2.05) is 42.5 Å². The quantitative estimate of drug-likeness (QED) is 0.783. The first-order valence-electron chi connectivity index (χ1n) is 8.74. The molecule has 3 aromatic rings. The Balaban J connectivity index is 1.48. The summed E-state index contributed by atoms with van der Waals surface area (Å²) in [6, 6.07) is 13.4. The summed E-state index contributed by atoms with van der Waals surface area (Å²) in [6.45, 7) is 1.63. The molecule has 0 bridgehead atoms. The molecule has 0 spiro atoms. The van der Waals surface area contributed by atoms with Crippen LogP contribution in [-0.4, -0.2) is 38.1 Å². The van der Waals surface area contributed by atoms with Gasteiger partial charge in [-0.1, -0.05) is 30.3 Å². The van der Waals surface area contributed by atoms with E-state index in [1.54, 1.807) is 27.3 Å². The second kappa shape index (κ2) is 6.67. The number of hydrogen-bond acceptors (Lipinski definition) is 3. The summed E-state index contributed by atoms with van der Waals surface area (Å²) in [5.41, 5.74) is 2.46. The van der Waals surface area contributed by atoms with Gasteiger partial charge in [-0.2, -0.15) is 0 Å². The smallest absolute Gasteiger partial charge is 0.330 e. The van der Waals surface area contributed by atoms with Crippen LogP contribution in [0.4, 0.5) is 4.79 Å². The molecule has 0 saturated carbocycles. The highest BCUT2D eigenvalue weighted by atomic mass is 16.2.